The summed E-state index contributed by atoms with van der Waals surface area (Å²) in [5, 5.41) is 11.2. The van der Waals surface area contributed by atoms with E-state index in [1.165, 1.54) is 7.11 Å². The van der Waals surface area contributed by atoms with Crippen LogP contribution in [0.25, 0.3) is 0 Å². The molecule has 0 radical (unpaired) electrons. The molecule has 27 heavy (non-hydrogen) atoms. The molecule has 0 spiro atoms. The van der Waals surface area contributed by atoms with Gasteiger partial charge in [0.25, 0.3) is 0 Å². The first kappa shape index (κ1) is 23.9. The van der Waals surface area contributed by atoms with E-state index in [4.69, 9.17) is 0 Å². The Morgan fingerprint density at radius 3 is 2.19 bits per heavy atom. The zero-order chi connectivity index (χ0) is 20.3. The first-order valence-electron chi connectivity index (χ1n) is 10.9. The van der Waals surface area contributed by atoms with Crippen molar-refractivity contribution in [2.24, 2.45) is 5.92 Å². The second kappa shape index (κ2) is 12.3. The van der Waals surface area contributed by atoms with Crippen molar-refractivity contribution >= 4 is 11.8 Å². The summed E-state index contributed by atoms with van der Waals surface area (Å²) in [4.78, 5) is 23.7. The number of hydrogen-bond acceptors (Lipinski definition) is 4. The average molecular weight is 381 g/mol. The highest BCUT2D eigenvalue weighted by atomic mass is 16.5. The van der Waals surface area contributed by atoms with Crippen LogP contribution in [0.3, 0.4) is 0 Å². The summed E-state index contributed by atoms with van der Waals surface area (Å²) in [6, 6.07) is 0. The van der Waals surface area contributed by atoms with Gasteiger partial charge in [-0.3, -0.25) is 9.59 Å². The lowest BCUT2D eigenvalue weighted by Gasteiger charge is -2.31. The van der Waals surface area contributed by atoms with Crippen LogP contribution in [0.4, 0.5) is 0 Å². The molecule has 0 aromatic rings. The Kier molecular flexibility index (Phi) is 10.9. The Morgan fingerprint density at radius 2 is 1.59 bits per heavy atom. The van der Waals surface area contributed by atoms with E-state index < -0.39 is 5.60 Å². The van der Waals surface area contributed by atoms with Gasteiger partial charge in [-0.1, -0.05) is 64.7 Å². The van der Waals surface area contributed by atoms with E-state index >= 15 is 0 Å². The van der Waals surface area contributed by atoms with Gasteiger partial charge in [-0.15, -0.1) is 0 Å². The second-order valence-electron chi connectivity index (χ2n) is 8.14. The van der Waals surface area contributed by atoms with Crippen LogP contribution >= 0.6 is 0 Å². The quantitative estimate of drug-likeness (QED) is 0.318. The van der Waals surface area contributed by atoms with Gasteiger partial charge in [0.15, 0.2) is 5.78 Å². The third-order valence-electron chi connectivity index (χ3n) is 6.24. The van der Waals surface area contributed by atoms with Crippen molar-refractivity contribution in [3.8, 4) is 0 Å². The molecule has 0 fully saturated rings. The lowest BCUT2D eigenvalue weighted by molar-refractivity contribution is -0.140. The summed E-state index contributed by atoms with van der Waals surface area (Å²) in [7, 11) is 1.43. The second-order valence-corrected chi connectivity index (χ2v) is 8.14. The molecule has 1 N–H and O–H groups in total. The molecule has 1 rings (SSSR count). The number of hydrogen-bond donors (Lipinski definition) is 1. The third-order valence-corrected chi connectivity index (χ3v) is 6.24. The van der Waals surface area contributed by atoms with Gasteiger partial charge < -0.3 is 9.84 Å². The highest BCUT2D eigenvalue weighted by Gasteiger charge is 2.48. The molecular formula is C23H40O4. The molecule has 4 heteroatoms. The minimum atomic E-state index is -0.912. The van der Waals surface area contributed by atoms with Crippen LogP contribution in [-0.4, -0.2) is 29.6 Å². The van der Waals surface area contributed by atoms with Gasteiger partial charge in [-0.2, -0.15) is 0 Å². The molecule has 0 amide bonds. The van der Waals surface area contributed by atoms with E-state index in [9.17, 15) is 14.7 Å². The van der Waals surface area contributed by atoms with Gasteiger partial charge in [-0.05, 0) is 44.3 Å². The maximum absolute atomic E-state index is 12.6. The van der Waals surface area contributed by atoms with Crippen molar-refractivity contribution in [1.82, 2.24) is 0 Å². The molecule has 0 saturated carbocycles. The van der Waals surface area contributed by atoms with Crippen LogP contribution in [0, 0.1) is 5.92 Å². The first-order chi connectivity index (χ1) is 12.9. The Balaban J connectivity index is 2.29. The molecular weight excluding hydrogens is 340 g/mol. The third kappa shape index (κ3) is 7.06. The Labute approximate surface area is 165 Å². The minimum Gasteiger partial charge on any atom is -0.469 e. The summed E-state index contributed by atoms with van der Waals surface area (Å²) in [6.07, 6.45) is 12.7. The highest BCUT2D eigenvalue weighted by Crippen LogP contribution is 2.43. The Hall–Kier alpha value is -1.16. The largest absolute Gasteiger partial charge is 0.469 e. The number of allylic oxidation sites excluding steroid dienone is 1. The number of aliphatic hydroxyl groups is 1. The Morgan fingerprint density at radius 1 is 1.00 bits per heavy atom. The first-order valence-corrected chi connectivity index (χ1v) is 10.9. The molecule has 2 atom stereocenters. The Bertz CT molecular complexity index is 509. The number of unbranched alkanes of at least 4 members (excludes halogenated alkanes) is 8. The molecule has 1 aliphatic rings. The van der Waals surface area contributed by atoms with Crippen molar-refractivity contribution in [1.29, 1.82) is 0 Å². The zero-order valence-corrected chi connectivity index (χ0v) is 17.9. The summed E-state index contributed by atoms with van der Waals surface area (Å²) < 4.78 is 4.64. The van der Waals surface area contributed by atoms with E-state index in [1.54, 1.807) is 0 Å². The highest BCUT2D eigenvalue weighted by molar-refractivity contribution is 6.01. The summed E-state index contributed by atoms with van der Waals surface area (Å²) in [6.45, 7) is 5.97. The molecule has 0 aromatic heterocycles. The molecule has 0 aliphatic heterocycles. The minimum absolute atomic E-state index is 0.123. The SMILES string of the molecule is CCCCC[C@]1(O)C(C)=C(C)C(=O)[C@@H]1CCCCCCCCCC(=O)OC. The molecule has 0 bridgehead atoms. The van der Waals surface area contributed by atoms with Crippen molar-refractivity contribution in [3.05, 3.63) is 11.1 Å². The zero-order valence-electron chi connectivity index (χ0n) is 17.9. The maximum atomic E-state index is 12.6. The molecule has 0 saturated heterocycles. The molecule has 0 unspecified atom stereocenters. The van der Waals surface area contributed by atoms with Crippen molar-refractivity contribution in [3.63, 3.8) is 0 Å². The number of Topliss-reactive ketones (excluding diaryl/α,β-unsaturated/α-hetero) is 1. The van der Waals surface area contributed by atoms with Gasteiger partial charge in [0.1, 0.15) is 0 Å². The lowest BCUT2D eigenvalue weighted by Crippen LogP contribution is -2.38. The predicted octanol–water partition coefficient (Wildman–Crippen LogP) is 5.52. The number of carbonyl (C=O) groups is 2. The van der Waals surface area contributed by atoms with E-state index in [0.29, 0.717) is 12.8 Å². The predicted molar refractivity (Wildman–Crippen MR) is 110 cm³/mol. The number of carbonyl (C=O) groups excluding carboxylic acids is 2. The van der Waals surface area contributed by atoms with Crippen LogP contribution < -0.4 is 0 Å². The van der Waals surface area contributed by atoms with E-state index in [-0.39, 0.29) is 17.7 Å². The van der Waals surface area contributed by atoms with Gasteiger partial charge in [-0.25, -0.2) is 0 Å². The average Bonchev–Trinajstić information content (AvgIpc) is 2.81. The van der Waals surface area contributed by atoms with Gasteiger partial charge in [0.2, 0.25) is 0 Å². The fourth-order valence-electron chi connectivity index (χ4n) is 4.23. The summed E-state index contributed by atoms with van der Waals surface area (Å²) in [5.41, 5.74) is 0.772. The van der Waals surface area contributed by atoms with Crippen molar-refractivity contribution in [2.75, 3.05) is 7.11 Å². The monoisotopic (exact) mass is 380 g/mol. The topological polar surface area (TPSA) is 63.6 Å². The normalized spacial score (nSPS) is 22.6. The number of ketones is 1. The summed E-state index contributed by atoms with van der Waals surface area (Å²) in [5.74, 6) is -0.203. The van der Waals surface area contributed by atoms with Gasteiger partial charge >= 0.3 is 5.97 Å². The van der Waals surface area contributed by atoms with Crippen LogP contribution in [-0.2, 0) is 14.3 Å². The fourth-order valence-corrected chi connectivity index (χ4v) is 4.23. The van der Waals surface area contributed by atoms with E-state index in [2.05, 4.69) is 11.7 Å². The van der Waals surface area contributed by atoms with Crippen LogP contribution in [0.2, 0.25) is 0 Å². The molecule has 0 heterocycles. The molecule has 4 nitrogen and oxygen atoms in total. The van der Waals surface area contributed by atoms with Gasteiger partial charge in [0, 0.05) is 6.42 Å². The maximum Gasteiger partial charge on any atom is 0.305 e. The van der Waals surface area contributed by atoms with E-state index in [0.717, 1.165) is 81.8 Å². The van der Waals surface area contributed by atoms with Crippen LogP contribution in [0.15, 0.2) is 11.1 Å². The van der Waals surface area contributed by atoms with Crippen LogP contribution in [0.5, 0.6) is 0 Å². The fraction of sp³-hybridized carbons (Fsp3) is 0.826. The standard InChI is InChI=1S/C23H40O4/c1-5-6-14-17-23(26)19(3)18(2)22(25)20(23)15-12-10-8-7-9-11-13-16-21(24)27-4/h20,26H,5-17H2,1-4H3/t20-,23-/m0/s1. The molecule has 1 aliphatic carbocycles. The van der Waals surface area contributed by atoms with Crippen LogP contribution in [0.1, 0.15) is 104 Å². The number of rotatable bonds is 14. The molecule has 156 valence electrons. The smallest absolute Gasteiger partial charge is 0.305 e. The number of ether oxygens (including phenoxy) is 1. The van der Waals surface area contributed by atoms with Gasteiger partial charge in [0.05, 0.1) is 18.6 Å². The van der Waals surface area contributed by atoms with E-state index in [1.807, 2.05) is 13.8 Å². The number of methoxy groups -OCH3 is 1. The number of esters is 1. The van der Waals surface area contributed by atoms with Crippen molar-refractivity contribution < 1.29 is 19.4 Å². The summed E-state index contributed by atoms with van der Waals surface area (Å²) >= 11 is 0. The lowest BCUT2D eigenvalue weighted by atomic mass is 9.79. The van der Waals surface area contributed by atoms with Crippen molar-refractivity contribution in [2.45, 2.75) is 110 Å². The molecule has 0 aromatic carbocycles.